The molecule has 0 aliphatic carbocycles. The van der Waals surface area contributed by atoms with E-state index >= 15 is 0 Å². The second kappa shape index (κ2) is 19.4. The molecule has 3 rings (SSSR count). The maximum atomic E-state index is 10.3. The van der Waals surface area contributed by atoms with Gasteiger partial charge in [0.05, 0.1) is 6.07 Å². The van der Waals surface area contributed by atoms with Crippen LogP contribution in [0.5, 0.6) is 0 Å². The second-order valence-electron chi connectivity index (χ2n) is 6.73. The first-order valence-corrected chi connectivity index (χ1v) is 10.3. The number of hydrogen-bond acceptors (Lipinski definition) is 6. The Hall–Kier alpha value is -4.30. The van der Waals surface area contributed by atoms with E-state index in [4.69, 9.17) is 25.8 Å². The molecule has 3 aromatic carbocycles. The Morgan fingerprint density at radius 2 is 1.18 bits per heavy atom. The summed E-state index contributed by atoms with van der Waals surface area (Å²) < 4.78 is 0. The zero-order chi connectivity index (χ0) is 25.6. The van der Waals surface area contributed by atoms with Crippen molar-refractivity contribution in [3.63, 3.8) is 0 Å². The number of aliphatic hydroxyl groups is 2. The summed E-state index contributed by atoms with van der Waals surface area (Å²) >= 11 is 0. The first-order chi connectivity index (χ1) is 16.5. The Morgan fingerprint density at radius 1 is 0.794 bits per heavy atom. The van der Waals surface area contributed by atoms with E-state index in [-0.39, 0.29) is 6.42 Å². The average molecular weight is 461 g/mol. The van der Waals surface area contributed by atoms with Gasteiger partial charge in [-0.25, -0.2) is 10.1 Å². The Bertz CT molecular complexity index is 987. The first kappa shape index (κ1) is 29.7. The van der Waals surface area contributed by atoms with E-state index in [0.29, 0.717) is 12.8 Å². The lowest BCUT2D eigenvalue weighted by atomic mass is 10.1. The van der Waals surface area contributed by atoms with Crippen LogP contribution in [0.25, 0.3) is 0 Å². The summed E-state index contributed by atoms with van der Waals surface area (Å²) in [5.74, 6) is -1.18. The molecule has 2 atom stereocenters. The van der Waals surface area contributed by atoms with E-state index in [1.807, 2.05) is 78.9 Å². The van der Waals surface area contributed by atoms with Crippen molar-refractivity contribution >= 4 is 12.3 Å². The molecule has 3 N–H and O–H groups in total. The normalized spacial score (nSPS) is 10.7. The summed E-state index contributed by atoms with van der Waals surface area (Å²) in [5, 5.41) is 41.1. The van der Waals surface area contributed by atoms with Crippen LogP contribution in [-0.2, 0) is 28.9 Å². The highest BCUT2D eigenvalue weighted by atomic mass is 16.4. The zero-order valence-corrected chi connectivity index (χ0v) is 18.6. The summed E-state index contributed by atoms with van der Waals surface area (Å²) in [6.07, 6.45) is -0.159. The fourth-order valence-corrected chi connectivity index (χ4v) is 2.52. The molecule has 0 aliphatic rings. The minimum atomic E-state index is -1.30. The van der Waals surface area contributed by atoms with Crippen molar-refractivity contribution in [3.8, 4) is 12.6 Å². The Labute approximate surface area is 199 Å². The highest BCUT2D eigenvalue weighted by Crippen LogP contribution is 2.03. The van der Waals surface area contributed by atoms with Crippen LogP contribution in [0.15, 0.2) is 91.0 Å². The monoisotopic (exact) mass is 460 g/mol. The number of carboxylic acid groups (broad SMARTS) is 1. The Kier molecular flexibility index (Phi) is 16.9. The Morgan fingerprint density at radius 3 is 1.53 bits per heavy atom. The number of aliphatic hydroxyl groups excluding tert-OH is 2. The molecule has 0 bridgehead atoms. The summed E-state index contributed by atoms with van der Waals surface area (Å²) in [6, 6.07) is 29.9. The van der Waals surface area contributed by atoms with Crippen LogP contribution in [0.1, 0.15) is 16.7 Å². The topological polar surface area (TPSA) is 142 Å². The summed E-state index contributed by atoms with van der Waals surface area (Å²) in [5.41, 5.74) is 2.89. The number of hydrogen-bond donors (Lipinski definition) is 3. The molecule has 1 unspecified atom stereocenters. The lowest BCUT2D eigenvalue weighted by molar-refractivity contribution is -0.146. The predicted molar refractivity (Wildman–Crippen MR) is 128 cm³/mol. The molecule has 0 heterocycles. The third-order valence-electron chi connectivity index (χ3n) is 4.14. The van der Waals surface area contributed by atoms with Gasteiger partial charge >= 0.3 is 5.97 Å². The van der Waals surface area contributed by atoms with Crippen LogP contribution in [-0.4, -0.2) is 39.8 Å². The molecule has 3 aromatic rings. The van der Waals surface area contributed by atoms with Crippen molar-refractivity contribution in [2.75, 3.05) is 0 Å². The SMILES string of the molecule is C#N.N#CC(O)Cc1ccccc1.O=C(O)[C@@H](O)Cc1ccccc1.O=CCc1ccccc1. The number of aliphatic carboxylic acids is 1. The predicted octanol–water partition coefficient (Wildman–Crippen LogP) is 3.36. The van der Waals surface area contributed by atoms with Gasteiger partial charge in [-0.15, -0.1) is 0 Å². The number of carbonyl (C=O) groups excluding carboxylic acids is 1. The molecule has 0 saturated carbocycles. The molecule has 0 saturated heterocycles. The highest BCUT2D eigenvalue weighted by molar-refractivity contribution is 5.72. The van der Waals surface area contributed by atoms with Crippen LogP contribution in [0.4, 0.5) is 0 Å². The van der Waals surface area contributed by atoms with Crippen LogP contribution in [0.2, 0.25) is 0 Å². The third-order valence-corrected chi connectivity index (χ3v) is 4.14. The highest BCUT2D eigenvalue weighted by Gasteiger charge is 2.12. The van der Waals surface area contributed by atoms with Gasteiger partial charge < -0.3 is 20.1 Å². The molecule has 0 fully saturated rings. The fraction of sp³-hybridized carbons (Fsp3) is 0.185. The van der Waals surface area contributed by atoms with Gasteiger partial charge in [-0.3, -0.25) is 0 Å². The maximum Gasteiger partial charge on any atom is 0.332 e. The lowest BCUT2D eigenvalue weighted by Gasteiger charge is -2.03. The fourth-order valence-electron chi connectivity index (χ4n) is 2.52. The minimum absolute atomic E-state index is 0.163. The summed E-state index contributed by atoms with van der Waals surface area (Å²) in [4.78, 5) is 20.2. The summed E-state index contributed by atoms with van der Waals surface area (Å²) in [6.45, 7) is 3.50. The Balaban J connectivity index is 0.000000467. The number of carbonyl (C=O) groups is 2. The number of aldehydes is 1. The van der Waals surface area contributed by atoms with E-state index in [1.54, 1.807) is 18.2 Å². The largest absolute Gasteiger partial charge is 0.479 e. The van der Waals surface area contributed by atoms with Gasteiger partial charge in [0.15, 0.2) is 6.10 Å². The van der Waals surface area contributed by atoms with E-state index in [1.165, 1.54) is 0 Å². The molecule has 0 amide bonds. The smallest absolute Gasteiger partial charge is 0.332 e. The van der Waals surface area contributed by atoms with Crippen molar-refractivity contribution in [2.45, 2.75) is 31.5 Å². The van der Waals surface area contributed by atoms with E-state index in [0.717, 1.165) is 23.0 Å². The van der Waals surface area contributed by atoms with Crippen molar-refractivity contribution in [1.82, 2.24) is 0 Å². The second-order valence-corrected chi connectivity index (χ2v) is 6.73. The minimum Gasteiger partial charge on any atom is -0.479 e. The molecule has 34 heavy (non-hydrogen) atoms. The van der Waals surface area contributed by atoms with Crippen molar-refractivity contribution < 1.29 is 24.9 Å². The van der Waals surface area contributed by atoms with Gasteiger partial charge in [-0.05, 0) is 16.7 Å². The quantitative estimate of drug-likeness (QED) is 0.362. The van der Waals surface area contributed by atoms with Gasteiger partial charge in [-0.2, -0.15) is 5.26 Å². The standard InChI is InChI=1S/C9H9NO.C9H10O3.C8H8O.CHN/c10-7-9(11)6-8-4-2-1-3-5-8;10-8(9(11)12)6-7-4-2-1-3-5-7;9-7-6-8-4-2-1-3-5-8;1-2/h1-5,9,11H,6H2;1-5,8,10H,6H2,(H,11,12);1-5,7H,6H2;1H/t;8-;;/m.0../s1. The van der Waals surface area contributed by atoms with Crippen molar-refractivity contribution in [2.24, 2.45) is 0 Å². The number of nitrogens with zero attached hydrogens (tertiary/aromatic N) is 2. The van der Waals surface area contributed by atoms with E-state index < -0.39 is 18.2 Å². The van der Waals surface area contributed by atoms with Crippen LogP contribution in [0, 0.1) is 23.2 Å². The van der Waals surface area contributed by atoms with E-state index in [9.17, 15) is 9.59 Å². The molecule has 176 valence electrons. The lowest BCUT2D eigenvalue weighted by Crippen LogP contribution is -2.21. The molecular weight excluding hydrogens is 432 g/mol. The van der Waals surface area contributed by atoms with Gasteiger partial charge in [0, 0.05) is 25.8 Å². The zero-order valence-electron chi connectivity index (χ0n) is 18.6. The molecule has 0 radical (unpaired) electrons. The van der Waals surface area contributed by atoms with Gasteiger partial charge in [0.2, 0.25) is 0 Å². The van der Waals surface area contributed by atoms with Crippen molar-refractivity contribution in [1.29, 1.82) is 10.5 Å². The molecule has 7 nitrogen and oxygen atoms in total. The van der Waals surface area contributed by atoms with Gasteiger partial charge in [0.1, 0.15) is 12.4 Å². The third kappa shape index (κ3) is 14.7. The van der Waals surface area contributed by atoms with Gasteiger partial charge in [-0.1, -0.05) is 91.0 Å². The number of nitriles is 2. The van der Waals surface area contributed by atoms with Crippen LogP contribution in [0.3, 0.4) is 0 Å². The van der Waals surface area contributed by atoms with Gasteiger partial charge in [0.25, 0.3) is 0 Å². The molecule has 7 heteroatoms. The number of carboxylic acids is 1. The molecule has 0 aliphatic heterocycles. The molecular formula is C27H28N2O5. The summed E-state index contributed by atoms with van der Waals surface area (Å²) in [7, 11) is 0. The van der Waals surface area contributed by atoms with E-state index in [2.05, 4.69) is 6.57 Å². The van der Waals surface area contributed by atoms with Crippen molar-refractivity contribution in [3.05, 3.63) is 108 Å². The maximum absolute atomic E-state index is 10.3. The first-order valence-electron chi connectivity index (χ1n) is 10.3. The average Bonchev–Trinajstić information content (AvgIpc) is 2.88. The van der Waals surface area contributed by atoms with Crippen LogP contribution < -0.4 is 0 Å². The van der Waals surface area contributed by atoms with Crippen LogP contribution >= 0.6 is 0 Å². The molecule has 0 aromatic heterocycles. The number of benzene rings is 3. The molecule has 0 spiro atoms. The number of rotatable bonds is 7.